The lowest BCUT2D eigenvalue weighted by Crippen LogP contribution is -2.49. The molecule has 0 radical (unpaired) electrons. The number of aryl methyl sites for hydroxylation is 2. The van der Waals surface area contributed by atoms with Crippen molar-refractivity contribution >= 4 is 23.4 Å². The van der Waals surface area contributed by atoms with Crippen LogP contribution in [0.4, 0.5) is 21.8 Å². The Bertz CT molecular complexity index is 1330. The van der Waals surface area contributed by atoms with E-state index in [0.717, 1.165) is 22.8 Å². The summed E-state index contributed by atoms with van der Waals surface area (Å²) in [6.07, 6.45) is 1.75. The van der Waals surface area contributed by atoms with Gasteiger partial charge in [-0.3, -0.25) is 9.48 Å². The van der Waals surface area contributed by atoms with Crippen LogP contribution in [0.15, 0.2) is 60.8 Å². The fraction of sp³-hybridized carbons (Fsp3) is 0.240. The van der Waals surface area contributed by atoms with Gasteiger partial charge in [0.15, 0.2) is 11.6 Å². The number of pyridine rings is 1. The number of piperazine rings is 1. The first kappa shape index (κ1) is 22.5. The van der Waals surface area contributed by atoms with Gasteiger partial charge in [-0.1, -0.05) is 0 Å². The van der Waals surface area contributed by atoms with Crippen molar-refractivity contribution in [3.63, 3.8) is 0 Å². The van der Waals surface area contributed by atoms with E-state index in [1.807, 2.05) is 36.1 Å². The molecule has 4 aromatic rings. The van der Waals surface area contributed by atoms with Gasteiger partial charge >= 0.3 is 0 Å². The van der Waals surface area contributed by atoms with E-state index in [1.165, 1.54) is 12.1 Å². The van der Waals surface area contributed by atoms with Crippen LogP contribution in [-0.4, -0.2) is 61.9 Å². The van der Waals surface area contributed by atoms with Gasteiger partial charge < -0.3 is 15.1 Å². The van der Waals surface area contributed by atoms with Gasteiger partial charge in [0, 0.05) is 45.0 Å². The zero-order valence-corrected chi connectivity index (χ0v) is 19.5. The highest BCUT2D eigenvalue weighted by Gasteiger charge is 2.25. The largest absolute Gasteiger partial charge is 0.352 e. The molecule has 0 spiro atoms. The van der Waals surface area contributed by atoms with Crippen molar-refractivity contribution in [2.45, 2.75) is 6.92 Å². The van der Waals surface area contributed by atoms with Crippen LogP contribution in [0.5, 0.6) is 0 Å². The van der Waals surface area contributed by atoms with Crippen LogP contribution in [0.1, 0.15) is 16.1 Å². The minimum Gasteiger partial charge on any atom is -0.352 e. The summed E-state index contributed by atoms with van der Waals surface area (Å²) in [6.45, 7) is 4.42. The molecule has 4 heterocycles. The van der Waals surface area contributed by atoms with E-state index < -0.39 is 0 Å². The van der Waals surface area contributed by atoms with Gasteiger partial charge in [0.05, 0.1) is 5.69 Å². The first-order chi connectivity index (χ1) is 17.0. The number of benzene rings is 1. The number of halogens is 1. The standard InChI is InChI=1S/C25H25FN8O/c1-17-9-10-27-23(15-17)28-22-7-8-24(30-29-22)33-11-13-34(14-12-33)25(35)21-16-20(31-32(21)2)18-3-5-19(26)6-4-18/h3-10,15-16H,11-14H2,1-2H3,(H,27,28,29). The number of anilines is 3. The molecule has 0 saturated carbocycles. The van der Waals surface area contributed by atoms with Crippen molar-refractivity contribution < 1.29 is 9.18 Å². The summed E-state index contributed by atoms with van der Waals surface area (Å²) in [7, 11) is 1.74. The van der Waals surface area contributed by atoms with Crippen molar-refractivity contribution in [3.05, 3.63) is 77.9 Å². The predicted octanol–water partition coefficient (Wildman–Crippen LogP) is 3.43. The molecule has 1 N–H and O–H groups in total. The molecule has 5 rings (SSSR count). The molecule has 1 fully saturated rings. The fourth-order valence-corrected chi connectivity index (χ4v) is 4.03. The van der Waals surface area contributed by atoms with Crippen molar-refractivity contribution in [2.75, 3.05) is 36.4 Å². The highest BCUT2D eigenvalue weighted by Crippen LogP contribution is 2.22. The van der Waals surface area contributed by atoms with Gasteiger partial charge in [0.1, 0.15) is 17.3 Å². The van der Waals surface area contributed by atoms with E-state index in [2.05, 4.69) is 30.5 Å². The van der Waals surface area contributed by atoms with Gasteiger partial charge in [-0.15, -0.1) is 10.2 Å². The molecule has 0 aliphatic carbocycles. The van der Waals surface area contributed by atoms with Gasteiger partial charge in [-0.25, -0.2) is 9.37 Å². The van der Waals surface area contributed by atoms with E-state index in [4.69, 9.17) is 0 Å². The molecule has 1 aromatic carbocycles. The number of rotatable bonds is 5. The van der Waals surface area contributed by atoms with Gasteiger partial charge in [-0.05, 0) is 67.1 Å². The zero-order valence-electron chi connectivity index (χ0n) is 19.5. The second-order valence-electron chi connectivity index (χ2n) is 8.44. The molecule has 3 aromatic heterocycles. The number of hydrogen-bond acceptors (Lipinski definition) is 7. The smallest absolute Gasteiger partial charge is 0.272 e. The minimum absolute atomic E-state index is 0.0794. The maximum atomic E-state index is 13.2. The van der Waals surface area contributed by atoms with Gasteiger partial charge in [0.2, 0.25) is 0 Å². The summed E-state index contributed by atoms with van der Waals surface area (Å²) >= 11 is 0. The lowest BCUT2D eigenvalue weighted by Gasteiger charge is -2.35. The highest BCUT2D eigenvalue weighted by atomic mass is 19.1. The van der Waals surface area contributed by atoms with Crippen molar-refractivity contribution in [1.82, 2.24) is 29.9 Å². The van der Waals surface area contributed by atoms with E-state index in [0.29, 0.717) is 43.4 Å². The molecule has 1 aliphatic heterocycles. The van der Waals surface area contributed by atoms with Crippen LogP contribution in [0.25, 0.3) is 11.3 Å². The highest BCUT2D eigenvalue weighted by molar-refractivity contribution is 5.94. The third kappa shape index (κ3) is 4.96. The average Bonchev–Trinajstić information content (AvgIpc) is 3.26. The summed E-state index contributed by atoms with van der Waals surface area (Å²) in [5.41, 5.74) is 3.01. The lowest BCUT2D eigenvalue weighted by molar-refractivity contribution is 0.0735. The third-order valence-electron chi connectivity index (χ3n) is 5.95. The second-order valence-corrected chi connectivity index (χ2v) is 8.44. The predicted molar refractivity (Wildman–Crippen MR) is 131 cm³/mol. The zero-order chi connectivity index (χ0) is 24.4. The molecule has 35 heavy (non-hydrogen) atoms. The lowest BCUT2D eigenvalue weighted by atomic mass is 10.1. The van der Waals surface area contributed by atoms with E-state index in [1.54, 1.807) is 36.1 Å². The fourth-order valence-electron chi connectivity index (χ4n) is 4.03. The number of carbonyl (C=O) groups excluding carboxylic acids is 1. The molecular formula is C25H25FN8O. The Balaban J connectivity index is 1.20. The summed E-state index contributed by atoms with van der Waals surface area (Å²) in [4.78, 5) is 21.4. The Labute approximate surface area is 202 Å². The van der Waals surface area contributed by atoms with Crippen LogP contribution in [-0.2, 0) is 7.05 Å². The number of aromatic nitrogens is 5. The van der Waals surface area contributed by atoms with E-state index in [-0.39, 0.29) is 11.7 Å². The molecule has 0 atom stereocenters. The molecule has 0 unspecified atom stereocenters. The number of hydrogen-bond donors (Lipinski definition) is 1. The van der Waals surface area contributed by atoms with Gasteiger partial charge in [0.25, 0.3) is 5.91 Å². The van der Waals surface area contributed by atoms with Crippen LogP contribution in [0.3, 0.4) is 0 Å². The number of carbonyl (C=O) groups is 1. The summed E-state index contributed by atoms with van der Waals surface area (Å²) in [6, 6.07) is 15.5. The van der Waals surface area contributed by atoms with Crippen LogP contribution >= 0.6 is 0 Å². The normalized spacial score (nSPS) is 13.7. The third-order valence-corrected chi connectivity index (χ3v) is 5.95. The van der Waals surface area contributed by atoms with Crippen molar-refractivity contribution in [3.8, 4) is 11.3 Å². The Kier molecular flexibility index (Phi) is 6.09. The topological polar surface area (TPSA) is 92.1 Å². The molecule has 178 valence electrons. The molecule has 1 aliphatic rings. The number of amides is 1. The Morgan fingerprint density at radius 2 is 1.71 bits per heavy atom. The molecule has 10 heteroatoms. The summed E-state index contributed by atoms with van der Waals surface area (Å²) < 4.78 is 14.8. The molecule has 1 saturated heterocycles. The van der Waals surface area contributed by atoms with E-state index in [9.17, 15) is 9.18 Å². The van der Waals surface area contributed by atoms with E-state index >= 15 is 0 Å². The molecular weight excluding hydrogens is 447 g/mol. The SMILES string of the molecule is Cc1ccnc(Nc2ccc(N3CCN(C(=O)c4cc(-c5ccc(F)cc5)nn4C)CC3)nn2)c1. The number of nitrogens with zero attached hydrogens (tertiary/aromatic N) is 7. The number of nitrogens with one attached hydrogen (secondary N) is 1. The second kappa shape index (κ2) is 9.49. The maximum absolute atomic E-state index is 13.2. The van der Waals surface area contributed by atoms with Crippen molar-refractivity contribution in [2.24, 2.45) is 7.05 Å². The molecule has 0 bridgehead atoms. The van der Waals surface area contributed by atoms with Crippen molar-refractivity contribution in [1.29, 1.82) is 0 Å². The Morgan fingerprint density at radius 1 is 0.943 bits per heavy atom. The quantitative estimate of drug-likeness (QED) is 0.476. The monoisotopic (exact) mass is 472 g/mol. The maximum Gasteiger partial charge on any atom is 0.272 e. The Morgan fingerprint density at radius 3 is 2.40 bits per heavy atom. The van der Waals surface area contributed by atoms with Crippen LogP contribution in [0, 0.1) is 12.7 Å². The minimum atomic E-state index is -0.308. The molecule has 9 nitrogen and oxygen atoms in total. The molecule has 1 amide bonds. The first-order valence-electron chi connectivity index (χ1n) is 11.3. The van der Waals surface area contributed by atoms with Crippen LogP contribution < -0.4 is 10.2 Å². The Hall–Kier alpha value is -4.34. The summed E-state index contributed by atoms with van der Waals surface area (Å²) in [5.74, 6) is 1.71. The van der Waals surface area contributed by atoms with Crippen LogP contribution in [0.2, 0.25) is 0 Å². The summed E-state index contributed by atoms with van der Waals surface area (Å²) in [5, 5.41) is 16.2. The average molecular weight is 473 g/mol. The van der Waals surface area contributed by atoms with Gasteiger partial charge in [-0.2, -0.15) is 5.10 Å². The first-order valence-corrected chi connectivity index (χ1v) is 11.3.